The molecule has 29 heavy (non-hydrogen) atoms. The number of piperidine rings is 1. The summed E-state index contributed by atoms with van der Waals surface area (Å²) in [7, 11) is 5.51. The van der Waals surface area contributed by atoms with Gasteiger partial charge in [0, 0.05) is 31.3 Å². The molecule has 1 fully saturated rings. The number of rotatable bonds is 7. The summed E-state index contributed by atoms with van der Waals surface area (Å²) in [6.45, 7) is 1.84. The number of carbonyl (C=O) groups excluding carboxylic acids is 2. The van der Waals surface area contributed by atoms with Crippen LogP contribution in [0, 0.1) is 0 Å². The van der Waals surface area contributed by atoms with Crippen molar-refractivity contribution < 1.29 is 18.8 Å². The average molecular weight is 400 g/mol. The van der Waals surface area contributed by atoms with E-state index >= 15 is 0 Å². The second-order valence-electron chi connectivity index (χ2n) is 7.41. The first-order valence-electron chi connectivity index (χ1n) is 9.84. The van der Waals surface area contributed by atoms with Gasteiger partial charge in [0.2, 0.25) is 5.91 Å². The lowest BCUT2D eigenvalue weighted by Gasteiger charge is -2.34. The van der Waals surface area contributed by atoms with E-state index in [2.05, 4.69) is 10.5 Å². The Balaban J connectivity index is 1.70. The summed E-state index contributed by atoms with van der Waals surface area (Å²) in [5, 5.41) is 6.89. The third-order valence-electron chi connectivity index (χ3n) is 5.03. The topological polar surface area (TPSA) is 87.9 Å². The van der Waals surface area contributed by atoms with Crippen molar-refractivity contribution in [3.63, 3.8) is 0 Å². The Labute approximate surface area is 170 Å². The monoisotopic (exact) mass is 400 g/mol. The molecule has 2 heterocycles. The molecule has 3 rings (SSSR count). The maximum absolute atomic E-state index is 13.0. The number of amides is 2. The van der Waals surface area contributed by atoms with Crippen LogP contribution < -0.4 is 10.1 Å². The maximum atomic E-state index is 13.0. The molecule has 1 N–H and O–H groups in total. The lowest BCUT2D eigenvalue weighted by atomic mass is 10.0. The molecule has 156 valence electrons. The molecule has 1 aliphatic rings. The standard InChI is InChI=1S/C21H28N4O4/c1-24(2)13-11-22-20(26)18-6-4-5-12-25(18)21(27)17-14-19(29-23-17)15-7-9-16(28-3)10-8-15/h7-10,14,18H,4-6,11-13H2,1-3H3,(H,22,26)/t18-/m1/s1. The minimum Gasteiger partial charge on any atom is -0.497 e. The molecule has 1 aliphatic heterocycles. The Hall–Kier alpha value is -2.87. The van der Waals surface area contributed by atoms with E-state index in [0.29, 0.717) is 25.3 Å². The number of likely N-dealkylation sites (tertiary alicyclic amines) is 1. The van der Waals surface area contributed by atoms with Gasteiger partial charge in [-0.15, -0.1) is 0 Å². The molecule has 0 spiro atoms. The number of methoxy groups -OCH3 is 1. The van der Waals surface area contributed by atoms with Crippen molar-refractivity contribution >= 4 is 11.8 Å². The lowest BCUT2D eigenvalue weighted by Crippen LogP contribution is -2.52. The SMILES string of the molecule is COc1ccc(-c2cc(C(=O)N3CCCC[C@@H]3C(=O)NCCN(C)C)no2)cc1. The van der Waals surface area contributed by atoms with Crippen LogP contribution in [0.1, 0.15) is 29.8 Å². The van der Waals surface area contributed by atoms with Crippen LogP contribution in [0.15, 0.2) is 34.9 Å². The highest BCUT2D eigenvalue weighted by Gasteiger charge is 2.33. The zero-order valence-electron chi connectivity index (χ0n) is 17.2. The molecule has 0 radical (unpaired) electrons. The summed E-state index contributed by atoms with van der Waals surface area (Å²) in [6.07, 6.45) is 2.45. The van der Waals surface area contributed by atoms with E-state index in [1.54, 1.807) is 18.1 Å². The van der Waals surface area contributed by atoms with Crippen LogP contribution in [0.3, 0.4) is 0 Å². The van der Waals surface area contributed by atoms with Crippen molar-refractivity contribution in [1.29, 1.82) is 0 Å². The molecular weight excluding hydrogens is 372 g/mol. The van der Waals surface area contributed by atoms with Crippen LogP contribution in [-0.2, 0) is 4.79 Å². The van der Waals surface area contributed by atoms with E-state index in [0.717, 1.165) is 30.7 Å². The van der Waals surface area contributed by atoms with Gasteiger partial charge in [0.25, 0.3) is 5.91 Å². The Morgan fingerprint density at radius 3 is 2.72 bits per heavy atom. The summed E-state index contributed by atoms with van der Waals surface area (Å²) in [6, 6.07) is 8.47. The highest BCUT2D eigenvalue weighted by Crippen LogP contribution is 2.25. The first-order chi connectivity index (χ1) is 14.0. The molecule has 8 nitrogen and oxygen atoms in total. The fourth-order valence-corrected chi connectivity index (χ4v) is 3.38. The first-order valence-corrected chi connectivity index (χ1v) is 9.84. The van der Waals surface area contributed by atoms with Gasteiger partial charge in [-0.3, -0.25) is 9.59 Å². The van der Waals surface area contributed by atoms with Gasteiger partial charge < -0.3 is 24.4 Å². The number of aromatic nitrogens is 1. The molecule has 0 aliphatic carbocycles. The summed E-state index contributed by atoms with van der Waals surface area (Å²) < 4.78 is 10.5. The number of carbonyl (C=O) groups is 2. The molecule has 2 amide bonds. The summed E-state index contributed by atoms with van der Waals surface area (Å²) in [4.78, 5) is 29.3. The fraction of sp³-hybridized carbons (Fsp3) is 0.476. The summed E-state index contributed by atoms with van der Waals surface area (Å²) >= 11 is 0. The van der Waals surface area contributed by atoms with Gasteiger partial charge in [-0.05, 0) is 57.6 Å². The Kier molecular flexibility index (Phi) is 6.87. The average Bonchev–Trinajstić information content (AvgIpc) is 3.23. The summed E-state index contributed by atoms with van der Waals surface area (Å²) in [5.41, 5.74) is 1.01. The van der Waals surface area contributed by atoms with Crippen LogP contribution in [0.25, 0.3) is 11.3 Å². The van der Waals surface area contributed by atoms with Crippen molar-refractivity contribution in [2.75, 3.05) is 40.8 Å². The Morgan fingerprint density at radius 2 is 2.03 bits per heavy atom. The summed E-state index contributed by atoms with van der Waals surface area (Å²) in [5.74, 6) is 0.848. The highest BCUT2D eigenvalue weighted by atomic mass is 16.5. The lowest BCUT2D eigenvalue weighted by molar-refractivity contribution is -0.126. The van der Waals surface area contributed by atoms with Crippen LogP contribution in [0.4, 0.5) is 0 Å². The molecule has 1 aromatic carbocycles. The van der Waals surface area contributed by atoms with E-state index in [-0.39, 0.29) is 17.5 Å². The molecule has 2 aromatic rings. The number of ether oxygens (including phenoxy) is 1. The number of nitrogens with zero attached hydrogens (tertiary/aromatic N) is 3. The predicted octanol–water partition coefficient (Wildman–Crippen LogP) is 2.02. The third-order valence-corrected chi connectivity index (χ3v) is 5.03. The van der Waals surface area contributed by atoms with Crippen LogP contribution in [0.5, 0.6) is 5.75 Å². The van der Waals surface area contributed by atoms with Crippen molar-refractivity contribution in [3.8, 4) is 17.1 Å². The molecule has 1 aromatic heterocycles. The second-order valence-corrected chi connectivity index (χ2v) is 7.41. The maximum Gasteiger partial charge on any atom is 0.276 e. The van der Waals surface area contributed by atoms with Crippen LogP contribution >= 0.6 is 0 Å². The molecule has 0 bridgehead atoms. The minimum absolute atomic E-state index is 0.112. The van der Waals surface area contributed by atoms with Gasteiger partial charge in [-0.1, -0.05) is 5.16 Å². The zero-order valence-corrected chi connectivity index (χ0v) is 17.2. The van der Waals surface area contributed by atoms with Crippen LogP contribution in [-0.4, -0.2) is 73.7 Å². The van der Waals surface area contributed by atoms with E-state index < -0.39 is 6.04 Å². The van der Waals surface area contributed by atoms with Crippen molar-refractivity contribution in [2.24, 2.45) is 0 Å². The highest BCUT2D eigenvalue weighted by molar-refractivity contribution is 5.96. The molecule has 1 saturated heterocycles. The number of nitrogens with one attached hydrogen (secondary N) is 1. The normalized spacial score (nSPS) is 16.7. The number of hydrogen-bond donors (Lipinski definition) is 1. The quantitative estimate of drug-likeness (QED) is 0.765. The van der Waals surface area contributed by atoms with E-state index in [9.17, 15) is 9.59 Å². The minimum atomic E-state index is -0.473. The van der Waals surface area contributed by atoms with Crippen LogP contribution in [0.2, 0.25) is 0 Å². The Morgan fingerprint density at radius 1 is 1.28 bits per heavy atom. The molecule has 8 heteroatoms. The van der Waals surface area contributed by atoms with Gasteiger partial charge in [0.05, 0.1) is 7.11 Å². The fourth-order valence-electron chi connectivity index (χ4n) is 3.38. The molecular formula is C21H28N4O4. The van der Waals surface area contributed by atoms with Crippen molar-refractivity contribution in [3.05, 3.63) is 36.0 Å². The van der Waals surface area contributed by atoms with E-state index in [4.69, 9.17) is 9.26 Å². The van der Waals surface area contributed by atoms with Gasteiger partial charge in [-0.2, -0.15) is 0 Å². The largest absolute Gasteiger partial charge is 0.497 e. The first kappa shape index (κ1) is 20.9. The molecule has 0 saturated carbocycles. The molecule has 1 atom stereocenters. The smallest absolute Gasteiger partial charge is 0.276 e. The zero-order chi connectivity index (χ0) is 20.8. The number of hydrogen-bond acceptors (Lipinski definition) is 6. The van der Waals surface area contributed by atoms with E-state index in [1.807, 2.05) is 43.3 Å². The predicted molar refractivity (Wildman–Crippen MR) is 109 cm³/mol. The van der Waals surface area contributed by atoms with Crippen molar-refractivity contribution in [2.45, 2.75) is 25.3 Å². The second kappa shape index (κ2) is 9.56. The molecule has 0 unspecified atom stereocenters. The van der Waals surface area contributed by atoms with Gasteiger partial charge in [-0.25, -0.2) is 0 Å². The number of benzene rings is 1. The van der Waals surface area contributed by atoms with Gasteiger partial charge >= 0.3 is 0 Å². The Bertz CT molecular complexity index is 831. The van der Waals surface area contributed by atoms with Crippen molar-refractivity contribution in [1.82, 2.24) is 20.3 Å². The van der Waals surface area contributed by atoms with Gasteiger partial charge in [0.15, 0.2) is 11.5 Å². The number of likely N-dealkylation sites (N-methyl/N-ethyl adjacent to an activating group) is 1. The third kappa shape index (κ3) is 5.14. The van der Waals surface area contributed by atoms with E-state index in [1.165, 1.54) is 0 Å². The van der Waals surface area contributed by atoms with Gasteiger partial charge in [0.1, 0.15) is 11.8 Å².